The smallest absolute Gasteiger partial charge is 0.0462 e. The van der Waals surface area contributed by atoms with Gasteiger partial charge in [0.05, 0.1) is 0 Å². The molecule has 3 N–H and O–H groups in total. The van der Waals surface area contributed by atoms with E-state index in [4.69, 9.17) is 5.84 Å². The number of benzene rings is 1. The second-order valence-electron chi connectivity index (χ2n) is 7.69. The van der Waals surface area contributed by atoms with Crippen LogP contribution in [0, 0.1) is 17.8 Å². The van der Waals surface area contributed by atoms with Crippen molar-refractivity contribution in [3.05, 3.63) is 35.4 Å². The lowest BCUT2D eigenvalue weighted by atomic mass is 9.78. The molecule has 0 radical (unpaired) electrons. The summed E-state index contributed by atoms with van der Waals surface area (Å²) in [6.07, 6.45) is 11.3. The third-order valence-electron chi connectivity index (χ3n) is 6.51. The molecule has 0 aromatic heterocycles. The van der Waals surface area contributed by atoms with Gasteiger partial charge in [-0.25, -0.2) is 0 Å². The molecular formula is C19H28N2. The number of rotatable bonds is 5. The molecule has 1 aromatic rings. The van der Waals surface area contributed by atoms with Crippen LogP contribution in [0.5, 0.6) is 0 Å². The highest BCUT2D eigenvalue weighted by atomic mass is 15.2. The lowest BCUT2D eigenvalue weighted by molar-refractivity contribution is 0.280. The van der Waals surface area contributed by atoms with Gasteiger partial charge in [0.2, 0.25) is 0 Å². The van der Waals surface area contributed by atoms with Crippen LogP contribution in [-0.2, 0) is 0 Å². The van der Waals surface area contributed by atoms with Gasteiger partial charge in [0, 0.05) is 6.04 Å². The fourth-order valence-electron chi connectivity index (χ4n) is 5.04. The van der Waals surface area contributed by atoms with Crippen molar-refractivity contribution in [2.45, 2.75) is 63.3 Å². The number of fused-ring (bicyclic) bond motifs is 2. The summed E-state index contributed by atoms with van der Waals surface area (Å²) in [4.78, 5) is 0. The van der Waals surface area contributed by atoms with E-state index in [0.29, 0.717) is 6.04 Å². The van der Waals surface area contributed by atoms with Crippen LogP contribution in [0.15, 0.2) is 24.3 Å². The third kappa shape index (κ3) is 2.64. The van der Waals surface area contributed by atoms with Gasteiger partial charge in [0.1, 0.15) is 0 Å². The molecule has 3 fully saturated rings. The molecule has 3 aliphatic rings. The molecule has 114 valence electrons. The molecule has 4 atom stereocenters. The molecule has 1 aromatic carbocycles. The molecule has 3 aliphatic carbocycles. The zero-order valence-electron chi connectivity index (χ0n) is 12.9. The van der Waals surface area contributed by atoms with Crippen molar-refractivity contribution < 1.29 is 0 Å². The van der Waals surface area contributed by atoms with E-state index in [1.807, 2.05) is 0 Å². The minimum absolute atomic E-state index is 0.342. The second-order valence-corrected chi connectivity index (χ2v) is 7.69. The fraction of sp³-hybridized carbons (Fsp3) is 0.684. The number of hydrogen-bond donors (Lipinski definition) is 2. The predicted octanol–water partition coefficient (Wildman–Crippen LogP) is 4.28. The van der Waals surface area contributed by atoms with Crippen LogP contribution in [0.4, 0.5) is 0 Å². The predicted molar refractivity (Wildman–Crippen MR) is 86.7 cm³/mol. The normalized spacial score (nSPS) is 33.1. The number of nitrogens with two attached hydrogens (primary N) is 1. The Balaban J connectivity index is 1.47. The Bertz CT molecular complexity index is 494. The molecule has 2 nitrogen and oxygen atoms in total. The van der Waals surface area contributed by atoms with E-state index in [9.17, 15) is 0 Å². The van der Waals surface area contributed by atoms with Crippen molar-refractivity contribution in [1.82, 2.24) is 5.43 Å². The Morgan fingerprint density at radius 1 is 1.14 bits per heavy atom. The Morgan fingerprint density at radius 2 is 2.05 bits per heavy atom. The summed E-state index contributed by atoms with van der Waals surface area (Å²) in [7, 11) is 0. The maximum absolute atomic E-state index is 5.90. The van der Waals surface area contributed by atoms with E-state index in [-0.39, 0.29) is 0 Å². The van der Waals surface area contributed by atoms with E-state index in [0.717, 1.165) is 23.7 Å². The number of hydrogen-bond acceptors (Lipinski definition) is 2. The second kappa shape index (κ2) is 5.73. The van der Waals surface area contributed by atoms with Gasteiger partial charge in [-0.1, -0.05) is 37.1 Å². The molecule has 2 heteroatoms. The van der Waals surface area contributed by atoms with E-state index in [2.05, 4.69) is 29.7 Å². The highest BCUT2D eigenvalue weighted by Crippen LogP contribution is 2.51. The molecule has 4 unspecified atom stereocenters. The molecule has 0 saturated heterocycles. The molecular weight excluding hydrogens is 256 g/mol. The molecule has 21 heavy (non-hydrogen) atoms. The Morgan fingerprint density at radius 3 is 2.67 bits per heavy atom. The van der Waals surface area contributed by atoms with Crippen molar-refractivity contribution in [1.29, 1.82) is 0 Å². The van der Waals surface area contributed by atoms with E-state index >= 15 is 0 Å². The molecule has 3 saturated carbocycles. The summed E-state index contributed by atoms with van der Waals surface area (Å²) >= 11 is 0. The van der Waals surface area contributed by atoms with Gasteiger partial charge in [-0.2, -0.15) is 0 Å². The van der Waals surface area contributed by atoms with Gasteiger partial charge in [-0.3, -0.25) is 11.3 Å². The largest absolute Gasteiger partial charge is 0.271 e. The standard InChI is InChI=1S/C19H28N2/c20-21-19(12-18-10-13-7-8-16(18)9-13)17-6-2-5-15(11-17)14-3-1-4-14/h2,5-6,11,13-14,16,18-19,21H,1,3-4,7-10,12,20H2. The lowest BCUT2D eigenvalue weighted by Crippen LogP contribution is -2.31. The molecule has 0 spiro atoms. The molecule has 4 rings (SSSR count). The molecule has 0 heterocycles. The molecule has 0 amide bonds. The lowest BCUT2D eigenvalue weighted by Gasteiger charge is -2.29. The SMILES string of the molecule is NNC(CC1CC2CCC1C2)c1cccc(C2CCC2)c1. The van der Waals surface area contributed by atoms with E-state index in [1.54, 1.807) is 0 Å². The van der Waals surface area contributed by atoms with Crippen LogP contribution in [0.1, 0.15) is 74.5 Å². The topological polar surface area (TPSA) is 38.0 Å². The van der Waals surface area contributed by atoms with Gasteiger partial charge in [0.25, 0.3) is 0 Å². The van der Waals surface area contributed by atoms with Gasteiger partial charge in [-0.15, -0.1) is 0 Å². The molecule has 0 aliphatic heterocycles. The quantitative estimate of drug-likeness (QED) is 0.625. The first-order valence-corrected chi connectivity index (χ1v) is 8.89. The summed E-state index contributed by atoms with van der Waals surface area (Å²) in [5.41, 5.74) is 6.05. The summed E-state index contributed by atoms with van der Waals surface area (Å²) in [5.74, 6) is 9.63. The van der Waals surface area contributed by atoms with E-state index in [1.165, 1.54) is 62.5 Å². The van der Waals surface area contributed by atoms with Gasteiger partial charge < -0.3 is 0 Å². The van der Waals surface area contributed by atoms with Crippen LogP contribution in [-0.4, -0.2) is 0 Å². The zero-order chi connectivity index (χ0) is 14.2. The Kier molecular flexibility index (Phi) is 3.76. The summed E-state index contributed by atoms with van der Waals surface area (Å²) in [6.45, 7) is 0. The minimum atomic E-state index is 0.342. The maximum atomic E-state index is 5.90. The van der Waals surface area contributed by atoms with Crippen molar-refractivity contribution in [3.63, 3.8) is 0 Å². The monoisotopic (exact) mass is 284 g/mol. The van der Waals surface area contributed by atoms with Gasteiger partial charge in [-0.05, 0) is 73.3 Å². The van der Waals surface area contributed by atoms with Crippen LogP contribution in [0.3, 0.4) is 0 Å². The minimum Gasteiger partial charge on any atom is -0.271 e. The fourth-order valence-corrected chi connectivity index (χ4v) is 5.04. The van der Waals surface area contributed by atoms with Crippen LogP contribution in [0.25, 0.3) is 0 Å². The average Bonchev–Trinajstić information content (AvgIpc) is 3.05. The first-order valence-electron chi connectivity index (χ1n) is 8.89. The van der Waals surface area contributed by atoms with Crippen LogP contribution in [0.2, 0.25) is 0 Å². The highest BCUT2D eigenvalue weighted by molar-refractivity contribution is 5.29. The maximum Gasteiger partial charge on any atom is 0.0462 e. The van der Waals surface area contributed by atoms with Gasteiger partial charge in [0.15, 0.2) is 0 Å². The number of hydrazine groups is 1. The highest BCUT2D eigenvalue weighted by Gasteiger charge is 2.40. The van der Waals surface area contributed by atoms with E-state index < -0.39 is 0 Å². The van der Waals surface area contributed by atoms with Crippen molar-refractivity contribution in [2.75, 3.05) is 0 Å². The van der Waals surface area contributed by atoms with Crippen molar-refractivity contribution in [3.8, 4) is 0 Å². The summed E-state index contributed by atoms with van der Waals surface area (Å²) in [6, 6.07) is 9.56. The summed E-state index contributed by atoms with van der Waals surface area (Å²) in [5, 5.41) is 0. The van der Waals surface area contributed by atoms with Crippen molar-refractivity contribution in [2.24, 2.45) is 23.6 Å². The van der Waals surface area contributed by atoms with Crippen LogP contribution < -0.4 is 11.3 Å². The Hall–Kier alpha value is -0.860. The summed E-state index contributed by atoms with van der Waals surface area (Å²) < 4.78 is 0. The Labute approximate surface area is 128 Å². The van der Waals surface area contributed by atoms with Gasteiger partial charge >= 0.3 is 0 Å². The zero-order valence-corrected chi connectivity index (χ0v) is 12.9. The third-order valence-corrected chi connectivity index (χ3v) is 6.51. The first kappa shape index (κ1) is 13.8. The number of nitrogens with one attached hydrogen (secondary N) is 1. The van der Waals surface area contributed by atoms with Crippen LogP contribution >= 0.6 is 0 Å². The molecule has 2 bridgehead atoms. The first-order chi connectivity index (χ1) is 10.3. The van der Waals surface area contributed by atoms with Crippen molar-refractivity contribution >= 4 is 0 Å². The average molecular weight is 284 g/mol.